The lowest BCUT2D eigenvalue weighted by molar-refractivity contribution is -0.0459. The number of aliphatic hydroxyl groups is 2. The molecule has 0 aromatic carbocycles. The van der Waals surface area contributed by atoms with Crippen molar-refractivity contribution in [2.24, 2.45) is 5.11 Å². The van der Waals surface area contributed by atoms with Crippen LogP contribution in [0.1, 0.15) is 18.2 Å². The monoisotopic (exact) mass is 283 g/mol. The highest BCUT2D eigenvalue weighted by atomic mass is 16.5. The first kappa shape index (κ1) is 14.3. The van der Waals surface area contributed by atoms with E-state index in [2.05, 4.69) is 15.0 Å². The molecule has 0 bridgehead atoms. The molecule has 0 unspecified atom stereocenters. The Balaban J connectivity index is 2.35. The van der Waals surface area contributed by atoms with E-state index in [1.165, 1.54) is 6.20 Å². The molecule has 1 aromatic rings. The molecule has 3 N–H and O–H groups in total. The molecule has 10 heteroatoms. The Morgan fingerprint density at radius 3 is 2.95 bits per heavy atom. The van der Waals surface area contributed by atoms with Crippen molar-refractivity contribution in [2.45, 2.75) is 31.4 Å². The van der Waals surface area contributed by atoms with Crippen molar-refractivity contribution < 1.29 is 14.9 Å². The van der Waals surface area contributed by atoms with E-state index < -0.39 is 29.7 Å². The van der Waals surface area contributed by atoms with Crippen LogP contribution in [0, 0.1) is 0 Å². The molecule has 1 aromatic heterocycles. The number of H-pyrrole nitrogens is 1. The van der Waals surface area contributed by atoms with Crippen LogP contribution < -0.4 is 11.2 Å². The van der Waals surface area contributed by atoms with Gasteiger partial charge < -0.3 is 14.9 Å². The third kappa shape index (κ3) is 2.73. The molecule has 1 aliphatic rings. The average Bonchev–Trinajstić information content (AvgIpc) is 2.79. The second-order valence-corrected chi connectivity index (χ2v) is 4.32. The summed E-state index contributed by atoms with van der Waals surface area (Å²) in [6.07, 6.45) is -1.13. The summed E-state index contributed by atoms with van der Waals surface area (Å²) < 4.78 is 6.43. The molecule has 0 spiro atoms. The van der Waals surface area contributed by atoms with E-state index in [0.717, 1.165) is 4.57 Å². The first-order valence-electron chi connectivity index (χ1n) is 5.86. The van der Waals surface area contributed by atoms with E-state index in [9.17, 15) is 14.7 Å². The van der Waals surface area contributed by atoms with Crippen molar-refractivity contribution in [1.29, 1.82) is 0 Å². The van der Waals surface area contributed by atoms with E-state index in [0.29, 0.717) is 0 Å². The predicted octanol–water partition coefficient (Wildman–Crippen LogP) is -1.01. The maximum Gasteiger partial charge on any atom is 0.330 e. The number of aromatic nitrogens is 2. The number of hydrogen-bond acceptors (Lipinski definition) is 6. The number of ether oxygens (including phenoxy) is 1. The van der Waals surface area contributed by atoms with Gasteiger partial charge in [-0.3, -0.25) is 14.3 Å². The first-order chi connectivity index (χ1) is 9.56. The second kappa shape index (κ2) is 5.88. The lowest BCUT2D eigenvalue weighted by atomic mass is 10.2. The van der Waals surface area contributed by atoms with Crippen molar-refractivity contribution in [2.75, 3.05) is 6.61 Å². The van der Waals surface area contributed by atoms with Crippen molar-refractivity contribution in [3.63, 3.8) is 0 Å². The van der Waals surface area contributed by atoms with Crippen LogP contribution in [0.4, 0.5) is 0 Å². The molecule has 10 nitrogen and oxygen atoms in total. The molecular formula is C10H13N5O5. The Kier molecular flexibility index (Phi) is 4.20. The zero-order valence-corrected chi connectivity index (χ0v) is 10.3. The smallest absolute Gasteiger partial charge is 0.330 e. The maximum atomic E-state index is 11.7. The van der Waals surface area contributed by atoms with Gasteiger partial charge in [-0.25, -0.2) is 4.79 Å². The molecule has 2 heterocycles. The van der Waals surface area contributed by atoms with E-state index in [1.54, 1.807) is 0 Å². The topological polar surface area (TPSA) is 153 Å². The van der Waals surface area contributed by atoms with Crippen LogP contribution in [0.15, 0.2) is 20.9 Å². The largest absolute Gasteiger partial charge is 0.394 e. The summed E-state index contributed by atoms with van der Waals surface area (Å²) in [5, 5.41) is 21.9. The fourth-order valence-electron chi connectivity index (χ4n) is 2.01. The van der Waals surface area contributed by atoms with E-state index in [1.807, 2.05) is 0 Å². The number of nitrogens with zero attached hydrogens (tertiary/aromatic N) is 4. The van der Waals surface area contributed by atoms with Crippen LogP contribution in [0.5, 0.6) is 0 Å². The number of nitrogens with one attached hydrogen (secondary N) is 1. The molecular weight excluding hydrogens is 270 g/mol. The summed E-state index contributed by atoms with van der Waals surface area (Å²) in [6, 6.07) is 0. The standard InChI is InChI=1S/C10H13N5O5/c11-14-12-2-5-3-15(10(19)13-9(5)18)8-1-6(17)7(4-16)20-8/h3,6-8,16-17H,1-2,4H2,(H,13,18,19)/t6-,7-,8-/m1/s1. The molecule has 2 rings (SSSR count). The molecule has 1 aliphatic heterocycles. The Labute approximate surface area is 111 Å². The minimum absolute atomic E-state index is 0.105. The minimum atomic E-state index is -0.899. The van der Waals surface area contributed by atoms with Crippen LogP contribution in [0.25, 0.3) is 10.4 Å². The van der Waals surface area contributed by atoms with Gasteiger partial charge in [0.1, 0.15) is 12.3 Å². The Hall–Kier alpha value is -2.13. The van der Waals surface area contributed by atoms with E-state index >= 15 is 0 Å². The van der Waals surface area contributed by atoms with Gasteiger partial charge in [-0.05, 0) is 5.53 Å². The average molecular weight is 283 g/mol. The zero-order valence-electron chi connectivity index (χ0n) is 10.3. The van der Waals surface area contributed by atoms with Gasteiger partial charge >= 0.3 is 5.69 Å². The summed E-state index contributed by atoms with van der Waals surface area (Å²) in [4.78, 5) is 27.9. The van der Waals surface area contributed by atoms with Gasteiger partial charge in [-0.2, -0.15) is 0 Å². The number of rotatable bonds is 4. The second-order valence-electron chi connectivity index (χ2n) is 4.32. The summed E-state index contributed by atoms with van der Waals surface area (Å²) in [5.41, 5.74) is 7.01. The Morgan fingerprint density at radius 2 is 2.35 bits per heavy atom. The molecule has 0 amide bonds. The van der Waals surface area contributed by atoms with Crippen molar-refractivity contribution in [3.8, 4) is 0 Å². The summed E-state index contributed by atoms with van der Waals surface area (Å²) in [6.45, 7) is -0.577. The maximum absolute atomic E-state index is 11.7. The van der Waals surface area contributed by atoms with Gasteiger partial charge in [0.25, 0.3) is 5.56 Å². The van der Waals surface area contributed by atoms with Gasteiger partial charge in [0.05, 0.1) is 19.3 Å². The van der Waals surface area contributed by atoms with E-state index in [-0.39, 0.29) is 25.1 Å². The third-order valence-corrected chi connectivity index (χ3v) is 3.04. The predicted molar refractivity (Wildman–Crippen MR) is 65.8 cm³/mol. The zero-order chi connectivity index (χ0) is 14.7. The van der Waals surface area contributed by atoms with Gasteiger partial charge in [0.2, 0.25) is 0 Å². The van der Waals surface area contributed by atoms with Gasteiger partial charge in [0, 0.05) is 23.1 Å². The lowest BCUT2D eigenvalue weighted by Crippen LogP contribution is -2.34. The van der Waals surface area contributed by atoms with E-state index in [4.69, 9.17) is 15.4 Å². The highest BCUT2D eigenvalue weighted by molar-refractivity contribution is 5.05. The van der Waals surface area contributed by atoms with Crippen LogP contribution in [-0.2, 0) is 11.3 Å². The molecule has 0 aliphatic carbocycles. The first-order valence-corrected chi connectivity index (χ1v) is 5.86. The molecule has 0 saturated carbocycles. The number of aromatic amines is 1. The highest BCUT2D eigenvalue weighted by Crippen LogP contribution is 2.27. The fourth-order valence-corrected chi connectivity index (χ4v) is 2.01. The van der Waals surface area contributed by atoms with Gasteiger partial charge in [0.15, 0.2) is 0 Å². The molecule has 108 valence electrons. The van der Waals surface area contributed by atoms with Crippen LogP contribution in [-0.4, -0.2) is 38.6 Å². The molecule has 0 radical (unpaired) electrons. The number of hydrogen-bond donors (Lipinski definition) is 3. The van der Waals surface area contributed by atoms with Crippen LogP contribution in [0.2, 0.25) is 0 Å². The van der Waals surface area contributed by atoms with Crippen LogP contribution in [0.3, 0.4) is 0 Å². The molecule has 1 saturated heterocycles. The molecule has 1 fully saturated rings. The lowest BCUT2D eigenvalue weighted by Gasteiger charge is -2.14. The van der Waals surface area contributed by atoms with Crippen LogP contribution >= 0.6 is 0 Å². The Bertz CT molecular complexity index is 646. The molecule has 20 heavy (non-hydrogen) atoms. The number of aliphatic hydroxyl groups excluding tert-OH is 2. The SMILES string of the molecule is [N-]=[N+]=NCc1cn([C@H]2C[C@@H](O)[C@@H](CO)O2)c(=O)[nH]c1=O. The fraction of sp³-hybridized carbons (Fsp3) is 0.600. The minimum Gasteiger partial charge on any atom is -0.394 e. The Morgan fingerprint density at radius 1 is 1.60 bits per heavy atom. The summed E-state index contributed by atoms with van der Waals surface area (Å²) >= 11 is 0. The summed E-state index contributed by atoms with van der Waals surface area (Å²) in [7, 11) is 0. The van der Waals surface area contributed by atoms with Crippen molar-refractivity contribution in [3.05, 3.63) is 43.0 Å². The molecule has 3 atom stereocenters. The normalized spacial score (nSPS) is 25.4. The van der Waals surface area contributed by atoms with Crippen molar-refractivity contribution in [1.82, 2.24) is 9.55 Å². The van der Waals surface area contributed by atoms with Gasteiger partial charge in [-0.1, -0.05) is 5.11 Å². The quantitative estimate of drug-likeness (QED) is 0.367. The van der Waals surface area contributed by atoms with Gasteiger partial charge in [-0.15, -0.1) is 0 Å². The third-order valence-electron chi connectivity index (χ3n) is 3.04. The number of azide groups is 1. The highest BCUT2D eigenvalue weighted by Gasteiger charge is 2.35. The summed E-state index contributed by atoms with van der Waals surface area (Å²) in [5.74, 6) is 0. The van der Waals surface area contributed by atoms with Crippen molar-refractivity contribution >= 4 is 0 Å².